The molecular formula is C21H22N4O5. The Kier molecular flexibility index (Phi) is 6.41. The highest BCUT2D eigenvalue weighted by Gasteiger charge is 2.27. The molecule has 30 heavy (non-hydrogen) atoms. The zero-order valence-electron chi connectivity index (χ0n) is 16.9. The molecule has 1 N–H and O–H groups in total. The number of rotatable bonds is 8. The molecule has 3 rings (SSSR count). The van der Waals surface area contributed by atoms with Crippen LogP contribution in [-0.4, -0.2) is 28.1 Å². The van der Waals surface area contributed by atoms with Crippen molar-refractivity contribution < 1.29 is 19.0 Å². The minimum Gasteiger partial charge on any atom is -0.497 e. The third kappa shape index (κ3) is 4.62. The number of nitrogens with one attached hydrogen (secondary N) is 1. The normalized spacial score (nSPS) is 12.8. The molecule has 0 spiro atoms. The van der Waals surface area contributed by atoms with E-state index in [-0.39, 0.29) is 23.1 Å². The van der Waals surface area contributed by atoms with Crippen molar-refractivity contribution in [1.29, 1.82) is 0 Å². The zero-order chi connectivity index (χ0) is 21.7. The Morgan fingerprint density at radius 3 is 2.63 bits per heavy atom. The molecule has 0 bridgehead atoms. The number of carbonyl (C=O) groups is 1. The van der Waals surface area contributed by atoms with Crippen LogP contribution in [0.1, 0.15) is 42.6 Å². The van der Waals surface area contributed by atoms with Crippen LogP contribution in [0.15, 0.2) is 53.1 Å². The molecule has 0 fully saturated rings. The van der Waals surface area contributed by atoms with Gasteiger partial charge < -0.3 is 14.6 Å². The topological polar surface area (TPSA) is 120 Å². The Labute approximate surface area is 173 Å². The summed E-state index contributed by atoms with van der Waals surface area (Å²) in [7, 11) is 1.59. The number of nitrogens with zero attached hydrogens (tertiary/aromatic N) is 3. The molecule has 0 saturated carbocycles. The lowest BCUT2D eigenvalue weighted by molar-refractivity contribution is -0.384. The van der Waals surface area contributed by atoms with Gasteiger partial charge in [-0.2, -0.15) is 4.98 Å². The molecule has 156 valence electrons. The van der Waals surface area contributed by atoms with E-state index < -0.39 is 16.9 Å². The van der Waals surface area contributed by atoms with Gasteiger partial charge in [-0.15, -0.1) is 0 Å². The van der Waals surface area contributed by atoms with Gasteiger partial charge in [-0.3, -0.25) is 14.9 Å². The maximum Gasteiger partial charge on any atom is 0.270 e. The van der Waals surface area contributed by atoms with Crippen molar-refractivity contribution in [3.63, 3.8) is 0 Å². The summed E-state index contributed by atoms with van der Waals surface area (Å²) in [6.45, 7) is 3.94. The van der Waals surface area contributed by atoms with E-state index in [0.29, 0.717) is 11.6 Å². The van der Waals surface area contributed by atoms with Gasteiger partial charge in [0.15, 0.2) is 0 Å². The fraction of sp³-hybridized carbons (Fsp3) is 0.286. The standard InChI is InChI=1S/C21H22N4O5/c1-4-13(2)18(22-20(26)15-6-5-7-16(12-15)25(27)28)21-23-19(24-30-21)14-8-10-17(29-3)11-9-14/h5-13,18H,4H2,1-3H3,(H,22,26). The lowest BCUT2D eigenvalue weighted by Gasteiger charge is -2.20. The minimum atomic E-state index is -0.540. The number of hydrogen-bond donors (Lipinski definition) is 1. The molecule has 2 unspecified atom stereocenters. The van der Waals surface area contributed by atoms with E-state index in [2.05, 4.69) is 15.5 Å². The Bertz CT molecular complexity index is 1030. The molecule has 9 nitrogen and oxygen atoms in total. The first-order chi connectivity index (χ1) is 14.4. The Morgan fingerprint density at radius 1 is 1.27 bits per heavy atom. The highest BCUT2D eigenvalue weighted by atomic mass is 16.6. The van der Waals surface area contributed by atoms with Gasteiger partial charge in [-0.1, -0.05) is 31.5 Å². The number of methoxy groups -OCH3 is 1. The summed E-state index contributed by atoms with van der Waals surface area (Å²) in [5.41, 5.74) is 0.786. The SMILES string of the molecule is CCC(C)C(NC(=O)c1cccc([N+](=O)[O-])c1)c1nc(-c2ccc(OC)cc2)no1. The summed E-state index contributed by atoms with van der Waals surface area (Å²) < 4.78 is 10.6. The fourth-order valence-corrected chi connectivity index (χ4v) is 2.89. The first-order valence-corrected chi connectivity index (χ1v) is 9.46. The van der Waals surface area contributed by atoms with E-state index in [0.717, 1.165) is 12.0 Å². The van der Waals surface area contributed by atoms with Crippen molar-refractivity contribution >= 4 is 11.6 Å². The number of benzene rings is 2. The second-order valence-corrected chi connectivity index (χ2v) is 6.83. The maximum absolute atomic E-state index is 12.7. The molecule has 1 heterocycles. The fourth-order valence-electron chi connectivity index (χ4n) is 2.89. The maximum atomic E-state index is 12.7. The summed E-state index contributed by atoms with van der Waals surface area (Å²) >= 11 is 0. The highest BCUT2D eigenvalue weighted by Crippen LogP contribution is 2.27. The van der Waals surface area contributed by atoms with Gasteiger partial charge in [0.25, 0.3) is 11.6 Å². The number of nitro benzene ring substituents is 1. The summed E-state index contributed by atoms with van der Waals surface area (Å²) in [5, 5.41) is 17.9. The predicted octanol–water partition coefficient (Wildman–Crippen LogP) is 4.17. The van der Waals surface area contributed by atoms with Crippen LogP contribution < -0.4 is 10.1 Å². The summed E-state index contributed by atoms with van der Waals surface area (Å²) in [6, 6.07) is 12.2. The number of hydrogen-bond acceptors (Lipinski definition) is 7. The minimum absolute atomic E-state index is 0.00295. The average molecular weight is 410 g/mol. The average Bonchev–Trinajstić information content (AvgIpc) is 3.26. The largest absolute Gasteiger partial charge is 0.497 e. The number of non-ortho nitro benzene ring substituents is 1. The monoisotopic (exact) mass is 410 g/mol. The Balaban J connectivity index is 1.84. The van der Waals surface area contributed by atoms with Crippen molar-refractivity contribution in [2.45, 2.75) is 26.3 Å². The van der Waals surface area contributed by atoms with Gasteiger partial charge >= 0.3 is 0 Å². The number of aromatic nitrogens is 2. The molecule has 1 amide bonds. The van der Waals surface area contributed by atoms with E-state index in [4.69, 9.17) is 9.26 Å². The molecule has 0 aliphatic heterocycles. The molecular weight excluding hydrogens is 388 g/mol. The van der Waals surface area contributed by atoms with E-state index in [1.807, 2.05) is 26.0 Å². The van der Waals surface area contributed by atoms with Crippen LogP contribution in [0.3, 0.4) is 0 Å². The van der Waals surface area contributed by atoms with Crippen LogP contribution in [0, 0.1) is 16.0 Å². The molecule has 3 aromatic rings. The van der Waals surface area contributed by atoms with Crippen molar-refractivity contribution in [3.8, 4) is 17.1 Å². The summed E-state index contributed by atoms with van der Waals surface area (Å²) in [5.74, 6) is 0.925. The van der Waals surface area contributed by atoms with E-state index in [9.17, 15) is 14.9 Å². The quantitative estimate of drug-likeness (QED) is 0.437. The molecule has 0 radical (unpaired) electrons. The summed E-state index contributed by atoms with van der Waals surface area (Å²) in [6.07, 6.45) is 0.750. The van der Waals surface area contributed by atoms with Gasteiger partial charge in [-0.25, -0.2) is 0 Å². The third-order valence-corrected chi connectivity index (χ3v) is 4.87. The van der Waals surface area contributed by atoms with E-state index in [1.54, 1.807) is 19.2 Å². The van der Waals surface area contributed by atoms with Gasteiger partial charge in [0.05, 0.1) is 12.0 Å². The second kappa shape index (κ2) is 9.17. The lowest BCUT2D eigenvalue weighted by atomic mass is 9.98. The van der Waals surface area contributed by atoms with Crippen molar-refractivity contribution in [1.82, 2.24) is 15.5 Å². The number of nitro groups is 1. The lowest BCUT2D eigenvalue weighted by Crippen LogP contribution is -2.32. The molecule has 0 aliphatic rings. The van der Waals surface area contributed by atoms with Crippen LogP contribution in [0.5, 0.6) is 5.75 Å². The Hall–Kier alpha value is -3.75. The van der Waals surface area contributed by atoms with Gasteiger partial charge in [-0.05, 0) is 36.2 Å². The van der Waals surface area contributed by atoms with Crippen LogP contribution >= 0.6 is 0 Å². The van der Waals surface area contributed by atoms with Crippen molar-refractivity contribution in [2.24, 2.45) is 5.92 Å². The Morgan fingerprint density at radius 2 is 2.00 bits per heavy atom. The number of carbonyl (C=O) groups excluding carboxylic acids is 1. The molecule has 0 saturated heterocycles. The smallest absolute Gasteiger partial charge is 0.270 e. The molecule has 0 aliphatic carbocycles. The number of amides is 1. The van der Waals surface area contributed by atoms with Gasteiger partial charge in [0, 0.05) is 23.3 Å². The first kappa shape index (κ1) is 21.0. The van der Waals surface area contributed by atoms with Crippen LogP contribution in [0.2, 0.25) is 0 Å². The van der Waals surface area contributed by atoms with Crippen LogP contribution in [0.4, 0.5) is 5.69 Å². The molecule has 2 aromatic carbocycles. The number of ether oxygens (including phenoxy) is 1. The molecule has 2 atom stereocenters. The summed E-state index contributed by atoms with van der Waals surface area (Å²) in [4.78, 5) is 27.6. The molecule has 1 aromatic heterocycles. The second-order valence-electron chi connectivity index (χ2n) is 6.83. The molecule has 9 heteroatoms. The third-order valence-electron chi connectivity index (χ3n) is 4.87. The van der Waals surface area contributed by atoms with Crippen LogP contribution in [-0.2, 0) is 0 Å². The van der Waals surface area contributed by atoms with Crippen molar-refractivity contribution in [3.05, 3.63) is 70.1 Å². The van der Waals surface area contributed by atoms with Crippen molar-refractivity contribution in [2.75, 3.05) is 7.11 Å². The van der Waals surface area contributed by atoms with Gasteiger partial charge in [0.1, 0.15) is 11.8 Å². The predicted molar refractivity (Wildman–Crippen MR) is 109 cm³/mol. The highest BCUT2D eigenvalue weighted by molar-refractivity contribution is 5.95. The zero-order valence-corrected chi connectivity index (χ0v) is 16.9. The van der Waals surface area contributed by atoms with E-state index >= 15 is 0 Å². The van der Waals surface area contributed by atoms with Crippen LogP contribution in [0.25, 0.3) is 11.4 Å². The van der Waals surface area contributed by atoms with Gasteiger partial charge in [0.2, 0.25) is 11.7 Å². The first-order valence-electron chi connectivity index (χ1n) is 9.46. The van der Waals surface area contributed by atoms with E-state index in [1.165, 1.54) is 24.3 Å².